The third kappa shape index (κ3) is 3.60. The molecule has 11 rings (SSSR count). The molecule has 0 amide bonds. The lowest BCUT2D eigenvalue weighted by atomic mass is 9.88. The Kier molecular flexibility index (Phi) is 5.20. The highest BCUT2D eigenvalue weighted by atomic mass is 14.2. The van der Waals surface area contributed by atoms with Gasteiger partial charge in [0.05, 0.1) is 0 Å². The number of hydrogen-bond acceptors (Lipinski definition) is 0. The third-order valence-electron chi connectivity index (χ3n) is 10.8. The van der Waals surface area contributed by atoms with E-state index >= 15 is 0 Å². The zero-order valence-corrected chi connectivity index (χ0v) is 26.2. The normalized spacial score (nSPS) is 12.2. The van der Waals surface area contributed by atoms with Crippen LogP contribution in [0.1, 0.15) is 0 Å². The van der Waals surface area contributed by atoms with Crippen LogP contribution in [0, 0.1) is 0 Å². The van der Waals surface area contributed by atoms with Crippen LogP contribution in [0.25, 0.3) is 108 Å². The molecule has 0 unspecified atom stereocenters. The molecule has 0 aliphatic heterocycles. The smallest absolute Gasteiger partial charge is 0.00206 e. The van der Waals surface area contributed by atoms with E-state index in [1.807, 2.05) is 0 Å². The maximum Gasteiger partial charge on any atom is -0.00206 e. The maximum atomic E-state index is 2.40. The molecule has 0 saturated carbocycles. The highest BCUT2D eigenvalue weighted by Gasteiger charge is 2.14. The monoisotopic (exact) mass is 604 g/mol. The van der Waals surface area contributed by atoms with E-state index in [0.717, 1.165) is 0 Å². The van der Waals surface area contributed by atoms with Crippen molar-refractivity contribution in [1.82, 2.24) is 0 Å². The lowest BCUT2D eigenvalue weighted by Gasteiger charge is -2.15. The molecular weight excluding hydrogens is 577 g/mol. The molecule has 0 aliphatic rings. The zero-order valence-electron chi connectivity index (χ0n) is 26.2. The standard InChI is InChI=1S/C48H28/c1-2-9-37-29(5-1)15-22-43-41(37)25-26-42-39-21-18-34(27-35(39)19-23-44(42)43)38-10-4-6-30-11-14-36(28-46(30)38)40-20-16-33-13-12-31-7-3-8-32-17-24-45(40)48(33)47(31)32/h1-28H. The molecule has 0 fully saturated rings. The van der Waals surface area contributed by atoms with Gasteiger partial charge in [-0.05, 0) is 121 Å². The summed E-state index contributed by atoms with van der Waals surface area (Å²) in [6, 6.07) is 63.5. The molecule has 0 aliphatic carbocycles. The van der Waals surface area contributed by atoms with Gasteiger partial charge in [0, 0.05) is 0 Å². The molecule has 0 radical (unpaired) electrons. The van der Waals surface area contributed by atoms with E-state index in [1.165, 1.54) is 108 Å². The molecule has 0 spiro atoms. The van der Waals surface area contributed by atoms with Gasteiger partial charge in [-0.2, -0.15) is 0 Å². The van der Waals surface area contributed by atoms with Crippen molar-refractivity contribution in [3.05, 3.63) is 170 Å². The first-order valence-corrected chi connectivity index (χ1v) is 16.8. The van der Waals surface area contributed by atoms with Gasteiger partial charge in [0.2, 0.25) is 0 Å². The van der Waals surface area contributed by atoms with Gasteiger partial charge in [-0.1, -0.05) is 158 Å². The molecule has 0 heterocycles. The van der Waals surface area contributed by atoms with Gasteiger partial charge in [-0.3, -0.25) is 0 Å². The molecule has 0 heteroatoms. The van der Waals surface area contributed by atoms with Crippen LogP contribution in [0.3, 0.4) is 0 Å². The Bertz CT molecular complexity index is 3090. The van der Waals surface area contributed by atoms with Crippen LogP contribution in [0.2, 0.25) is 0 Å². The summed E-state index contributed by atoms with van der Waals surface area (Å²) in [6.07, 6.45) is 0. The van der Waals surface area contributed by atoms with Gasteiger partial charge in [0.15, 0.2) is 0 Å². The van der Waals surface area contributed by atoms with Crippen molar-refractivity contribution < 1.29 is 0 Å². The topological polar surface area (TPSA) is 0 Å². The van der Waals surface area contributed by atoms with Crippen molar-refractivity contribution in [3.63, 3.8) is 0 Å². The van der Waals surface area contributed by atoms with E-state index in [0.29, 0.717) is 0 Å². The van der Waals surface area contributed by atoms with Gasteiger partial charge in [-0.15, -0.1) is 0 Å². The van der Waals surface area contributed by atoms with E-state index in [4.69, 9.17) is 0 Å². The van der Waals surface area contributed by atoms with Gasteiger partial charge >= 0.3 is 0 Å². The van der Waals surface area contributed by atoms with Gasteiger partial charge < -0.3 is 0 Å². The molecule has 220 valence electrons. The van der Waals surface area contributed by atoms with Crippen LogP contribution >= 0.6 is 0 Å². The first kappa shape index (κ1) is 25.9. The van der Waals surface area contributed by atoms with Crippen molar-refractivity contribution in [2.45, 2.75) is 0 Å². The molecule has 0 atom stereocenters. The van der Waals surface area contributed by atoms with Gasteiger partial charge in [-0.25, -0.2) is 0 Å². The first-order valence-electron chi connectivity index (χ1n) is 16.8. The van der Waals surface area contributed by atoms with E-state index in [9.17, 15) is 0 Å². The Balaban J connectivity index is 1.08. The molecule has 11 aromatic rings. The Morgan fingerprint density at radius 2 is 0.667 bits per heavy atom. The minimum atomic E-state index is 1.24. The Morgan fingerprint density at radius 3 is 1.52 bits per heavy atom. The minimum Gasteiger partial charge on any atom is -0.0616 e. The average molecular weight is 605 g/mol. The lowest BCUT2D eigenvalue weighted by Crippen LogP contribution is -1.88. The van der Waals surface area contributed by atoms with Crippen LogP contribution in [0.5, 0.6) is 0 Å². The van der Waals surface area contributed by atoms with Gasteiger partial charge in [0.1, 0.15) is 0 Å². The zero-order chi connectivity index (χ0) is 31.3. The SMILES string of the molecule is c1cc(-c2ccc3c(ccc4c3ccc3c5ccccc5ccc34)c2)c2cc(-c3ccc4ccc5cccc6ccc3c4c56)ccc2c1. The van der Waals surface area contributed by atoms with Crippen LogP contribution in [-0.4, -0.2) is 0 Å². The van der Waals surface area contributed by atoms with Crippen molar-refractivity contribution in [1.29, 1.82) is 0 Å². The first-order chi connectivity index (χ1) is 23.8. The summed E-state index contributed by atoms with van der Waals surface area (Å²) < 4.78 is 0. The molecule has 0 aromatic heterocycles. The molecule has 0 bridgehead atoms. The van der Waals surface area contributed by atoms with E-state index in [-0.39, 0.29) is 0 Å². The summed E-state index contributed by atoms with van der Waals surface area (Å²) >= 11 is 0. The molecule has 0 nitrogen and oxygen atoms in total. The van der Waals surface area contributed by atoms with Crippen LogP contribution in [0.15, 0.2) is 170 Å². The summed E-state index contributed by atoms with van der Waals surface area (Å²) in [5.41, 5.74) is 5.03. The van der Waals surface area contributed by atoms with Crippen molar-refractivity contribution in [2.75, 3.05) is 0 Å². The Hall–Kier alpha value is -6.24. The molecule has 48 heavy (non-hydrogen) atoms. The summed E-state index contributed by atoms with van der Waals surface area (Å²) in [6.45, 7) is 0. The number of hydrogen-bond donors (Lipinski definition) is 0. The summed E-state index contributed by atoms with van der Waals surface area (Å²) in [7, 11) is 0. The minimum absolute atomic E-state index is 1.24. The summed E-state index contributed by atoms with van der Waals surface area (Å²) in [5, 5.41) is 20.8. The second-order valence-corrected chi connectivity index (χ2v) is 13.3. The second kappa shape index (κ2) is 9.64. The number of fused-ring (bicyclic) bond motifs is 8. The molecule has 0 N–H and O–H groups in total. The fraction of sp³-hybridized carbons (Fsp3) is 0. The van der Waals surface area contributed by atoms with Crippen LogP contribution < -0.4 is 0 Å². The van der Waals surface area contributed by atoms with E-state index in [2.05, 4.69) is 170 Å². The predicted octanol–water partition coefficient (Wildman–Crippen LogP) is 13.7. The average Bonchev–Trinajstić information content (AvgIpc) is 3.15. The largest absolute Gasteiger partial charge is 0.0616 e. The molecule has 0 saturated heterocycles. The lowest BCUT2D eigenvalue weighted by molar-refractivity contribution is 1.67. The second-order valence-electron chi connectivity index (χ2n) is 13.3. The number of benzene rings is 11. The van der Waals surface area contributed by atoms with Crippen LogP contribution in [-0.2, 0) is 0 Å². The van der Waals surface area contributed by atoms with Crippen LogP contribution in [0.4, 0.5) is 0 Å². The fourth-order valence-corrected chi connectivity index (χ4v) is 8.49. The Labute approximate surface area is 277 Å². The van der Waals surface area contributed by atoms with Crippen molar-refractivity contribution in [2.24, 2.45) is 0 Å². The van der Waals surface area contributed by atoms with Crippen molar-refractivity contribution in [3.8, 4) is 22.3 Å². The van der Waals surface area contributed by atoms with Gasteiger partial charge in [0.25, 0.3) is 0 Å². The quantitative estimate of drug-likeness (QED) is 0.172. The van der Waals surface area contributed by atoms with E-state index < -0.39 is 0 Å². The number of rotatable bonds is 2. The van der Waals surface area contributed by atoms with Crippen molar-refractivity contribution >= 4 is 86.2 Å². The fourth-order valence-electron chi connectivity index (χ4n) is 8.49. The Morgan fingerprint density at radius 1 is 0.208 bits per heavy atom. The summed E-state index contributed by atoms with van der Waals surface area (Å²) in [5.74, 6) is 0. The highest BCUT2D eigenvalue weighted by Crippen LogP contribution is 2.42. The maximum absolute atomic E-state index is 2.40. The third-order valence-corrected chi connectivity index (χ3v) is 10.8. The summed E-state index contributed by atoms with van der Waals surface area (Å²) in [4.78, 5) is 0. The van der Waals surface area contributed by atoms with E-state index in [1.54, 1.807) is 0 Å². The molecular formula is C48H28. The predicted molar refractivity (Wildman–Crippen MR) is 209 cm³/mol. The highest BCUT2D eigenvalue weighted by molar-refractivity contribution is 6.26. The molecule has 11 aromatic carbocycles.